The number of carbonyl (C=O) groups excluding carboxylic acids is 1. The number of amides is 1. The van der Waals surface area contributed by atoms with Crippen molar-refractivity contribution in [2.45, 2.75) is 6.92 Å². The summed E-state index contributed by atoms with van der Waals surface area (Å²) in [5.74, 6) is 0.254. The number of hydrogen-bond donors (Lipinski definition) is 2. The molecule has 9 nitrogen and oxygen atoms in total. The lowest BCUT2D eigenvalue weighted by Crippen LogP contribution is -2.32. The van der Waals surface area contributed by atoms with Crippen LogP contribution in [0.25, 0.3) is 10.9 Å². The van der Waals surface area contributed by atoms with E-state index in [9.17, 15) is 14.4 Å². The van der Waals surface area contributed by atoms with Crippen LogP contribution in [-0.2, 0) is 4.79 Å². The van der Waals surface area contributed by atoms with Crippen molar-refractivity contribution in [3.8, 4) is 11.5 Å². The van der Waals surface area contributed by atoms with Gasteiger partial charge in [-0.05, 0) is 43.3 Å². The summed E-state index contributed by atoms with van der Waals surface area (Å²) in [6.07, 6.45) is 1.31. The molecule has 0 aliphatic heterocycles. The van der Waals surface area contributed by atoms with Crippen molar-refractivity contribution in [2.75, 3.05) is 19.0 Å². The third-order valence-corrected chi connectivity index (χ3v) is 5.01. The summed E-state index contributed by atoms with van der Waals surface area (Å²) in [6.45, 7) is 1.67. The highest BCUT2D eigenvalue weighted by molar-refractivity contribution is 5.92. The van der Waals surface area contributed by atoms with E-state index in [4.69, 9.17) is 9.47 Å². The van der Waals surface area contributed by atoms with Gasteiger partial charge in [-0.1, -0.05) is 35.9 Å². The molecule has 4 aromatic rings. The minimum atomic E-state index is -0.678. The number of ether oxygens (including phenoxy) is 2. The van der Waals surface area contributed by atoms with Crippen LogP contribution in [0.2, 0.25) is 0 Å². The molecule has 0 spiro atoms. The molecule has 1 aromatic heterocycles. The van der Waals surface area contributed by atoms with Crippen LogP contribution in [0.5, 0.6) is 11.5 Å². The molecule has 0 saturated heterocycles. The molecule has 0 saturated carbocycles. The maximum Gasteiger partial charge on any atom is 0.349 e. The van der Waals surface area contributed by atoms with Crippen molar-refractivity contribution in [1.29, 1.82) is 0 Å². The third kappa shape index (κ3) is 4.88. The molecule has 172 valence electrons. The summed E-state index contributed by atoms with van der Waals surface area (Å²) in [5, 5.41) is 7.15. The quantitative estimate of drug-likeness (QED) is 0.413. The fraction of sp³-hybridized carbons (Fsp3) is 0.120. The van der Waals surface area contributed by atoms with Crippen LogP contribution in [0, 0.1) is 6.92 Å². The zero-order valence-corrected chi connectivity index (χ0v) is 18.6. The number of nitrogens with zero attached hydrogens (tertiary/aromatic N) is 2. The smallest absolute Gasteiger partial charge is 0.349 e. The summed E-state index contributed by atoms with van der Waals surface area (Å²) in [4.78, 5) is 40.1. The number of benzene rings is 3. The van der Waals surface area contributed by atoms with Gasteiger partial charge in [0.25, 0.3) is 11.5 Å². The van der Waals surface area contributed by atoms with Crippen molar-refractivity contribution in [3.05, 3.63) is 98.7 Å². The summed E-state index contributed by atoms with van der Waals surface area (Å²) in [5.41, 5.74) is 1.34. The minimum Gasteiger partial charge on any atom is -0.493 e. The lowest BCUT2D eigenvalue weighted by Gasteiger charge is -2.13. The Bertz CT molecular complexity index is 1490. The summed E-state index contributed by atoms with van der Waals surface area (Å²) in [6, 6.07) is 19.1. The number of aromatic nitrogens is 2. The van der Waals surface area contributed by atoms with Crippen LogP contribution in [0.15, 0.2) is 81.4 Å². The molecule has 9 heteroatoms. The second kappa shape index (κ2) is 9.86. The largest absolute Gasteiger partial charge is 0.493 e. The monoisotopic (exact) mass is 458 g/mol. The van der Waals surface area contributed by atoms with Crippen molar-refractivity contribution in [1.82, 2.24) is 9.66 Å². The number of nitrogens with one attached hydrogen (secondary N) is 2. The SMILES string of the molecule is COc1cccc(C=Nn2c(=O)[nH]c3ccccc3c2=O)c1OCC(=O)Nc1ccc(C)cc1. The average molecular weight is 458 g/mol. The van der Waals surface area contributed by atoms with E-state index in [1.807, 2.05) is 19.1 Å². The second-order valence-electron chi connectivity index (χ2n) is 7.42. The normalized spacial score (nSPS) is 11.0. The molecule has 0 unspecified atom stereocenters. The highest BCUT2D eigenvalue weighted by Gasteiger charge is 2.13. The van der Waals surface area contributed by atoms with E-state index in [0.29, 0.717) is 27.9 Å². The van der Waals surface area contributed by atoms with Crippen molar-refractivity contribution in [2.24, 2.45) is 5.10 Å². The molecule has 0 fully saturated rings. The number of carbonyl (C=O) groups is 1. The van der Waals surface area contributed by atoms with Gasteiger partial charge < -0.3 is 19.8 Å². The molecule has 1 heterocycles. The Morgan fingerprint density at radius 2 is 1.82 bits per heavy atom. The number of aromatic amines is 1. The zero-order valence-electron chi connectivity index (χ0n) is 18.6. The first-order valence-electron chi connectivity index (χ1n) is 10.4. The Hall–Kier alpha value is -4.66. The lowest BCUT2D eigenvalue weighted by molar-refractivity contribution is -0.118. The Morgan fingerprint density at radius 3 is 2.59 bits per heavy atom. The minimum absolute atomic E-state index is 0.248. The molecule has 0 aliphatic rings. The van der Waals surface area contributed by atoms with Gasteiger partial charge in [0.2, 0.25) is 0 Å². The highest BCUT2D eigenvalue weighted by atomic mass is 16.5. The van der Waals surface area contributed by atoms with E-state index in [1.54, 1.807) is 54.6 Å². The highest BCUT2D eigenvalue weighted by Crippen LogP contribution is 2.30. The molecule has 4 rings (SSSR count). The van der Waals surface area contributed by atoms with E-state index >= 15 is 0 Å². The van der Waals surface area contributed by atoms with Crippen molar-refractivity contribution >= 4 is 28.7 Å². The van der Waals surface area contributed by atoms with Crippen LogP contribution in [0.4, 0.5) is 5.69 Å². The summed E-state index contributed by atoms with van der Waals surface area (Å²) in [7, 11) is 1.47. The Balaban J connectivity index is 1.59. The molecule has 34 heavy (non-hydrogen) atoms. The molecule has 1 amide bonds. The van der Waals surface area contributed by atoms with Gasteiger partial charge in [0, 0.05) is 11.3 Å². The first kappa shape index (κ1) is 22.5. The van der Waals surface area contributed by atoms with Crippen LogP contribution in [0.3, 0.4) is 0 Å². The van der Waals surface area contributed by atoms with Gasteiger partial charge in [-0.3, -0.25) is 9.59 Å². The summed E-state index contributed by atoms with van der Waals surface area (Å²) >= 11 is 0. The van der Waals surface area contributed by atoms with E-state index in [0.717, 1.165) is 10.2 Å². The van der Waals surface area contributed by atoms with Gasteiger partial charge in [-0.15, -0.1) is 4.68 Å². The van der Waals surface area contributed by atoms with Gasteiger partial charge in [-0.25, -0.2) is 4.79 Å². The Kier molecular flexibility index (Phi) is 6.54. The van der Waals surface area contributed by atoms with E-state index in [1.165, 1.54) is 13.3 Å². The number of rotatable bonds is 7. The maximum absolute atomic E-state index is 12.7. The van der Waals surface area contributed by atoms with Crippen LogP contribution in [0.1, 0.15) is 11.1 Å². The van der Waals surface area contributed by atoms with Crippen LogP contribution >= 0.6 is 0 Å². The third-order valence-electron chi connectivity index (χ3n) is 5.01. The van der Waals surface area contributed by atoms with Gasteiger partial charge in [-0.2, -0.15) is 5.10 Å². The molecule has 0 radical (unpaired) electrons. The molecule has 0 atom stereocenters. The first-order chi connectivity index (χ1) is 16.5. The molecule has 0 bridgehead atoms. The molecular weight excluding hydrogens is 436 g/mol. The van der Waals surface area contributed by atoms with E-state index in [-0.39, 0.29) is 18.3 Å². The molecular formula is C25H22N4O5. The van der Waals surface area contributed by atoms with Gasteiger partial charge in [0.05, 0.1) is 24.2 Å². The predicted octanol–water partition coefficient (Wildman–Crippen LogP) is 2.91. The number of para-hydroxylation sites is 2. The fourth-order valence-electron chi connectivity index (χ4n) is 3.30. The number of hydrogen-bond acceptors (Lipinski definition) is 6. The lowest BCUT2D eigenvalue weighted by atomic mass is 10.2. The molecule has 3 aromatic carbocycles. The van der Waals surface area contributed by atoms with Crippen molar-refractivity contribution < 1.29 is 14.3 Å². The standard InChI is InChI=1S/C25H22N4O5/c1-16-10-12-18(13-11-16)27-22(30)15-34-23-17(6-5-9-21(23)33-2)14-26-29-24(31)19-7-3-4-8-20(19)28-25(29)32/h3-14H,15H2,1-2H3,(H,27,30)(H,28,32). The van der Waals surface area contributed by atoms with Crippen molar-refractivity contribution in [3.63, 3.8) is 0 Å². The predicted molar refractivity (Wildman–Crippen MR) is 130 cm³/mol. The summed E-state index contributed by atoms with van der Waals surface area (Å²) < 4.78 is 11.8. The van der Waals surface area contributed by atoms with E-state index < -0.39 is 11.2 Å². The van der Waals surface area contributed by atoms with Crippen LogP contribution < -0.4 is 26.0 Å². The number of fused-ring (bicyclic) bond motifs is 1. The zero-order chi connectivity index (χ0) is 24.1. The van der Waals surface area contributed by atoms with Gasteiger partial charge >= 0.3 is 5.69 Å². The number of anilines is 1. The fourth-order valence-corrected chi connectivity index (χ4v) is 3.30. The molecule has 2 N–H and O–H groups in total. The number of methoxy groups -OCH3 is 1. The second-order valence-corrected chi connectivity index (χ2v) is 7.42. The van der Waals surface area contributed by atoms with E-state index in [2.05, 4.69) is 15.4 Å². The topological polar surface area (TPSA) is 115 Å². The average Bonchev–Trinajstić information content (AvgIpc) is 2.84. The molecule has 0 aliphatic carbocycles. The Labute approximate surface area is 194 Å². The maximum atomic E-state index is 12.7. The number of H-pyrrole nitrogens is 1. The van der Waals surface area contributed by atoms with Gasteiger partial charge in [0.15, 0.2) is 18.1 Å². The Morgan fingerprint density at radius 1 is 1.06 bits per heavy atom. The number of aryl methyl sites for hydroxylation is 1. The van der Waals surface area contributed by atoms with Gasteiger partial charge in [0.1, 0.15) is 0 Å². The van der Waals surface area contributed by atoms with Crippen LogP contribution in [-0.4, -0.2) is 35.5 Å². The first-order valence-corrected chi connectivity index (χ1v) is 10.4.